The highest BCUT2D eigenvalue weighted by Crippen LogP contribution is 2.18. The fourth-order valence-electron chi connectivity index (χ4n) is 2.07. The molecule has 0 radical (unpaired) electrons. The summed E-state index contributed by atoms with van der Waals surface area (Å²) in [5, 5.41) is 17.0. The van der Waals surface area contributed by atoms with Crippen LogP contribution in [0.25, 0.3) is 11.5 Å². The molecule has 3 aromatic rings. The van der Waals surface area contributed by atoms with Crippen molar-refractivity contribution in [1.82, 2.24) is 19.9 Å². The molecule has 0 unspecified atom stereocenters. The van der Waals surface area contributed by atoms with Crippen LogP contribution >= 0.6 is 0 Å². The van der Waals surface area contributed by atoms with Gasteiger partial charge in [0.25, 0.3) is 5.89 Å². The topological polar surface area (TPSA) is 86.2 Å². The van der Waals surface area contributed by atoms with Crippen molar-refractivity contribution in [1.29, 1.82) is 0 Å². The van der Waals surface area contributed by atoms with Gasteiger partial charge in [0.15, 0.2) is 5.82 Å². The van der Waals surface area contributed by atoms with Gasteiger partial charge in [-0.15, -0.1) is 0 Å². The second kappa shape index (κ2) is 6.40. The molecule has 7 heteroatoms. The van der Waals surface area contributed by atoms with E-state index in [9.17, 15) is 0 Å². The summed E-state index contributed by atoms with van der Waals surface area (Å²) in [5.41, 5.74) is 1.81. The second-order valence-corrected chi connectivity index (χ2v) is 4.76. The lowest BCUT2D eigenvalue weighted by atomic mass is 10.1. The first kappa shape index (κ1) is 14.3. The molecule has 1 aromatic carbocycles. The minimum Gasteiger partial charge on any atom is -0.497 e. The van der Waals surface area contributed by atoms with Gasteiger partial charge < -0.3 is 14.4 Å². The fourth-order valence-corrected chi connectivity index (χ4v) is 2.07. The Labute approximate surface area is 127 Å². The predicted molar refractivity (Wildman–Crippen MR) is 78.4 cm³/mol. The van der Waals surface area contributed by atoms with Gasteiger partial charge in [-0.2, -0.15) is 10.1 Å². The average molecular weight is 300 g/mol. The number of methoxy groups -OCH3 is 1. The Morgan fingerprint density at radius 1 is 1.27 bits per heavy atom. The van der Waals surface area contributed by atoms with E-state index in [4.69, 9.17) is 14.4 Å². The molecule has 114 valence electrons. The van der Waals surface area contributed by atoms with Crippen molar-refractivity contribution in [2.75, 3.05) is 13.7 Å². The summed E-state index contributed by atoms with van der Waals surface area (Å²) in [4.78, 5) is 4.37. The number of benzene rings is 1. The zero-order valence-electron chi connectivity index (χ0n) is 12.1. The number of aliphatic hydroxyl groups is 1. The number of ether oxygens (including phenoxy) is 1. The maximum absolute atomic E-state index is 8.88. The minimum atomic E-state index is 0.0354. The molecule has 0 aliphatic carbocycles. The normalized spacial score (nSPS) is 10.8. The molecule has 2 aromatic heterocycles. The molecule has 7 nitrogen and oxygen atoms in total. The van der Waals surface area contributed by atoms with Gasteiger partial charge in [-0.3, -0.25) is 4.68 Å². The molecule has 0 saturated carbocycles. The molecule has 0 bridgehead atoms. The van der Waals surface area contributed by atoms with E-state index in [1.165, 1.54) is 0 Å². The molecule has 2 heterocycles. The van der Waals surface area contributed by atoms with Crippen LogP contribution in [0.15, 0.2) is 41.2 Å². The van der Waals surface area contributed by atoms with E-state index in [1.807, 2.05) is 24.3 Å². The Balaban J connectivity index is 1.72. The molecule has 1 N–H and O–H groups in total. The SMILES string of the molecule is COc1ccc(Cc2noc(-c3cnn(CCO)c3)n2)cc1. The zero-order chi connectivity index (χ0) is 15.4. The lowest BCUT2D eigenvalue weighted by Gasteiger charge is -2.00. The van der Waals surface area contributed by atoms with Crippen LogP contribution in [0.4, 0.5) is 0 Å². The molecule has 0 saturated heterocycles. The monoisotopic (exact) mass is 300 g/mol. The number of aliphatic hydroxyl groups excluding tert-OH is 1. The van der Waals surface area contributed by atoms with Gasteiger partial charge >= 0.3 is 0 Å². The summed E-state index contributed by atoms with van der Waals surface area (Å²) >= 11 is 0. The van der Waals surface area contributed by atoms with Gasteiger partial charge in [0.1, 0.15) is 5.75 Å². The first-order valence-electron chi connectivity index (χ1n) is 6.87. The number of hydrogen-bond acceptors (Lipinski definition) is 6. The van der Waals surface area contributed by atoms with E-state index in [1.54, 1.807) is 24.2 Å². The molecule has 0 spiro atoms. The van der Waals surface area contributed by atoms with Crippen LogP contribution in [0.2, 0.25) is 0 Å². The summed E-state index contributed by atoms with van der Waals surface area (Å²) < 4.78 is 12.0. The Kier molecular flexibility index (Phi) is 4.15. The van der Waals surface area contributed by atoms with Crippen LogP contribution < -0.4 is 4.74 Å². The van der Waals surface area contributed by atoms with Gasteiger partial charge in [-0.25, -0.2) is 0 Å². The van der Waals surface area contributed by atoms with E-state index in [2.05, 4.69) is 15.2 Å². The summed E-state index contributed by atoms with van der Waals surface area (Å²) in [7, 11) is 1.64. The van der Waals surface area contributed by atoms with Gasteiger partial charge in [0.05, 0.1) is 32.0 Å². The van der Waals surface area contributed by atoms with Crippen LogP contribution in [0, 0.1) is 0 Å². The molecule has 0 aliphatic heterocycles. The molecular formula is C15H16N4O3. The molecular weight excluding hydrogens is 284 g/mol. The van der Waals surface area contributed by atoms with E-state index in [0.717, 1.165) is 16.9 Å². The highest BCUT2D eigenvalue weighted by atomic mass is 16.5. The highest BCUT2D eigenvalue weighted by molar-refractivity contribution is 5.49. The van der Waals surface area contributed by atoms with E-state index in [-0.39, 0.29) is 6.61 Å². The Bertz CT molecular complexity index is 733. The molecule has 0 aliphatic rings. The smallest absolute Gasteiger partial charge is 0.261 e. The maximum Gasteiger partial charge on any atom is 0.261 e. The van der Waals surface area contributed by atoms with Crippen LogP contribution in [-0.2, 0) is 13.0 Å². The lowest BCUT2D eigenvalue weighted by Crippen LogP contribution is -2.01. The molecule has 0 fully saturated rings. The number of hydrogen-bond donors (Lipinski definition) is 1. The van der Waals surface area contributed by atoms with Crippen molar-refractivity contribution < 1.29 is 14.4 Å². The molecule has 22 heavy (non-hydrogen) atoms. The number of rotatable bonds is 6. The van der Waals surface area contributed by atoms with Crippen molar-refractivity contribution in [3.63, 3.8) is 0 Å². The maximum atomic E-state index is 8.88. The van der Waals surface area contributed by atoms with Crippen LogP contribution in [0.3, 0.4) is 0 Å². The Morgan fingerprint density at radius 2 is 2.09 bits per heavy atom. The zero-order valence-corrected chi connectivity index (χ0v) is 12.1. The van der Waals surface area contributed by atoms with Gasteiger partial charge in [0, 0.05) is 12.6 Å². The lowest BCUT2D eigenvalue weighted by molar-refractivity contribution is 0.269. The summed E-state index contributed by atoms with van der Waals surface area (Å²) in [6.45, 7) is 0.473. The van der Waals surface area contributed by atoms with E-state index in [0.29, 0.717) is 24.7 Å². The summed E-state index contributed by atoms with van der Waals surface area (Å²) in [6.07, 6.45) is 3.99. The largest absolute Gasteiger partial charge is 0.497 e. The van der Waals surface area contributed by atoms with Gasteiger partial charge in [0.2, 0.25) is 0 Å². The third kappa shape index (κ3) is 3.15. The van der Waals surface area contributed by atoms with E-state index < -0.39 is 0 Å². The van der Waals surface area contributed by atoms with Crippen molar-refractivity contribution in [3.8, 4) is 17.2 Å². The summed E-state index contributed by atoms with van der Waals surface area (Å²) in [6, 6.07) is 7.73. The molecule has 0 atom stereocenters. The molecule has 0 amide bonds. The Morgan fingerprint density at radius 3 is 2.82 bits per heavy atom. The highest BCUT2D eigenvalue weighted by Gasteiger charge is 2.11. The van der Waals surface area contributed by atoms with Crippen molar-refractivity contribution in [3.05, 3.63) is 48.0 Å². The average Bonchev–Trinajstić information content (AvgIpc) is 3.18. The number of aromatic nitrogens is 4. The first-order chi connectivity index (χ1) is 10.8. The standard InChI is InChI=1S/C15H16N4O3/c1-21-13-4-2-11(3-5-13)8-14-17-15(22-18-14)12-9-16-19(10-12)6-7-20/h2-5,9-10,20H,6-8H2,1H3. The molecule has 3 rings (SSSR count). The van der Waals surface area contributed by atoms with Crippen LogP contribution in [0.1, 0.15) is 11.4 Å². The quantitative estimate of drug-likeness (QED) is 0.743. The Hall–Kier alpha value is -2.67. The fraction of sp³-hybridized carbons (Fsp3) is 0.267. The van der Waals surface area contributed by atoms with Gasteiger partial charge in [-0.1, -0.05) is 17.3 Å². The van der Waals surface area contributed by atoms with E-state index >= 15 is 0 Å². The van der Waals surface area contributed by atoms with Crippen molar-refractivity contribution >= 4 is 0 Å². The first-order valence-corrected chi connectivity index (χ1v) is 6.87. The van der Waals surface area contributed by atoms with Crippen LogP contribution in [-0.4, -0.2) is 38.7 Å². The third-order valence-electron chi connectivity index (χ3n) is 3.20. The number of nitrogens with zero attached hydrogens (tertiary/aromatic N) is 4. The van der Waals surface area contributed by atoms with Gasteiger partial charge in [-0.05, 0) is 17.7 Å². The third-order valence-corrected chi connectivity index (χ3v) is 3.20. The van der Waals surface area contributed by atoms with Crippen LogP contribution in [0.5, 0.6) is 5.75 Å². The minimum absolute atomic E-state index is 0.0354. The predicted octanol–water partition coefficient (Wildman–Crippen LogP) is 1.52. The summed E-state index contributed by atoms with van der Waals surface area (Å²) in [5.74, 6) is 1.84. The second-order valence-electron chi connectivity index (χ2n) is 4.76. The van der Waals surface area contributed by atoms with Crippen molar-refractivity contribution in [2.24, 2.45) is 0 Å². The van der Waals surface area contributed by atoms with Crippen molar-refractivity contribution in [2.45, 2.75) is 13.0 Å².